The molecule has 0 saturated carbocycles. The summed E-state index contributed by atoms with van der Waals surface area (Å²) in [5.41, 5.74) is 7.21. The van der Waals surface area contributed by atoms with Crippen LogP contribution in [0.3, 0.4) is 0 Å². The van der Waals surface area contributed by atoms with Crippen LogP contribution in [0.4, 0.5) is 5.95 Å². The van der Waals surface area contributed by atoms with E-state index in [4.69, 9.17) is 10.5 Å². The third-order valence-corrected chi connectivity index (χ3v) is 1.89. The average Bonchev–Trinajstić information content (AvgIpc) is 2.70. The molecule has 0 bridgehead atoms. The van der Waals surface area contributed by atoms with Crippen molar-refractivity contribution in [3.8, 4) is 17.1 Å². The second-order valence-corrected chi connectivity index (χ2v) is 2.97. The molecule has 0 saturated heterocycles. The molecule has 2 rings (SSSR count). The Kier molecular flexibility index (Phi) is 6.39. The Morgan fingerprint density at radius 2 is 2.24 bits per heavy atom. The van der Waals surface area contributed by atoms with Crippen LogP contribution in [-0.4, -0.2) is 16.6 Å². The van der Waals surface area contributed by atoms with Crippen molar-refractivity contribution in [3.05, 3.63) is 37.8 Å². The predicted molar refractivity (Wildman–Crippen MR) is 63.9 cm³/mol. The van der Waals surface area contributed by atoms with E-state index in [-0.39, 0.29) is 30.4 Å². The number of nitrogens with two attached hydrogens (primary N) is 1. The Morgan fingerprint density at radius 1 is 1.47 bits per heavy atom. The topological polar surface area (TPSA) is 61.0 Å². The molecule has 1 aromatic carbocycles. The fourth-order valence-electron chi connectivity index (χ4n) is 1.29. The summed E-state index contributed by atoms with van der Waals surface area (Å²) in [7, 11) is 0. The van der Waals surface area contributed by atoms with E-state index in [1.54, 1.807) is 6.07 Å². The third-order valence-electron chi connectivity index (χ3n) is 1.89. The first-order valence-electron chi connectivity index (χ1n) is 4.70. The zero-order chi connectivity index (χ0) is 10.7. The molecular formula is C12H14FeN3O. The van der Waals surface area contributed by atoms with Gasteiger partial charge in [-0.2, -0.15) is 4.98 Å². The van der Waals surface area contributed by atoms with Crippen LogP contribution >= 0.6 is 0 Å². The van der Waals surface area contributed by atoms with Gasteiger partial charge in [-0.3, -0.25) is 23.8 Å². The molecule has 1 heterocycles. The Bertz CT molecular complexity index is 443. The summed E-state index contributed by atoms with van der Waals surface area (Å²) in [5.74, 6) is 0.708. The first kappa shape index (κ1) is 15.5. The molecular weight excluding hydrogens is 258 g/mol. The Morgan fingerprint density at radius 3 is 2.82 bits per heavy atom. The van der Waals surface area contributed by atoms with E-state index in [0.29, 0.717) is 12.5 Å². The van der Waals surface area contributed by atoms with Gasteiger partial charge < -0.3 is 28.9 Å². The first-order chi connectivity index (χ1) is 7.29. The summed E-state index contributed by atoms with van der Waals surface area (Å²) in [6.45, 7) is 2.45. The number of aromatic nitrogens is 2. The van der Waals surface area contributed by atoms with E-state index in [1.165, 1.54) is 0 Å². The Balaban J connectivity index is 0.00000128. The summed E-state index contributed by atoms with van der Waals surface area (Å²) in [5, 5.41) is 0. The molecule has 0 aliphatic heterocycles. The number of nitrogens with zero attached hydrogens (tertiary/aromatic N) is 2. The van der Waals surface area contributed by atoms with Crippen LogP contribution in [0.25, 0.3) is 11.3 Å². The van der Waals surface area contributed by atoms with Gasteiger partial charge in [0.2, 0.25) is 5.95 Å². The number of hydrogen-bond acceptors (Lipinski definition) is 4. The minimum atomic E-state index is 0. The van der Waals surface area contributed by atoms with E-state index in [9.17, 15) is 0 Å². The van der Waals surface area contributed by atoms with E-state index in [2.05, 4.69) is 16.0 Å². The fourth-order valence-corrected chi connectivity index (χ4v) is 1.29. The van der Waals surface area contributed by atoms with Crippen molar-refractivity contribution in [3.63, 3.8) is 0 Å². The monoisotopic (exact) mass is 272 g/mol. The van der Waals surface area contributed by atoms with Crippen LogP contribution in [0.2, 0.25) is 0 Å². The molecule has 5 heteroatoms. The van der Waals surface area contributed by atoms with Crippen LogP contribution in [0.5, 0.6) is 5.88 Å². The number of anilines is 1. The second kappa shape index (κ2) is 6.99. The zero-order valence-corrected chi connectivity index (χ0v) is 10.9. The molecule has 2 aromatic rings. The number of hydrogen-bond donors (Lipinski definition) is 1. The van der Waals surface area contributed by atoms with Gasteiger partial charge in [0, 0.05) is 0 Å². The third kappa shape index (κ3) is 3.80. The molecule has 0 aliphatic carbocycles. The number of ether oxygens (including phenoxy) is 1. The van der Waals surface area contributed by atoms with Gasteiger partial charge in [0.05, 0.1) is 6.61 Å². The maximum atomic E-state index is 5.58. The van der Waals surface area contributed by atoms with Crippen molar-refractivity contribution < 1.29 is 21.8 Å². The van der Waals surface area contributed by atoms with Gasteiger partial charge in [-0.15, -0.1) is 0 Å². The SMILES string of the molecule is CCOc1cc(-c2[c-]cc[cH-]2)nc(N)n1.[CH3-].[Fe+3]. The Hall–Kier alpha value is -1.45. The van der Waals surface area contributed by atoms with Crippen molar-refractivity contribution in [1.82, 2.24) is 9.97 Å². The van der Waals surface area contributed by atoms with Crippen LogP contribution < -0.4 is 10.5 Å². The molecule has 2 N–H and O–H groups in total. The molecule has 0 aliphatic rings. The average molecular weight is 272 g/mol. The van der Waals surface area contributed by atoms with E-state index >= 15 is 0 Å². The molecule has 91 valence electrons. The molecule has 17 heavy (non-hydrogen) atoms. The smallest absolute Gasteiger partial charge is 0.479 e. The van der Waals surface area contributed by atoms with E-state index in [0.717, 1.165) is 11.3 Å². The second-order valence-electron chi connectivity index (χ2n) is 2.97. The van der Waals surface area contributed by atoms with Crippen molar-refractivity contribution in [2.24, 2.45) is 0 Å². The maximum absolute atomic E-state index is 5.58. The largest absolute Gasteiger partial charge is 3.00 e. The molecule has 0 spiro atoms. The van der Waals surface area contributed by atoms with Crippen molar-refractivity contribution >= 4 is 5.95 Å². The van der Waals surface area contributed by atoms with Gasteiger partial charge in [0.15, 0.2) is 5.88 Å². The predicted octanol–water partition coefficient (Wildman–Crippen LogP) is 2.09. The number of rotatable bonds is 3. The fraction of sp³-hybridized carbons (Fsp3) is 0.167. The molecule has 0 unspecified atom stereocenters. The van der Waals surface area contributed by atoms with Crippen molar-refractivity contribution in [1.29, 1.82) is 0 Å². The van der Waals surface area contributed by atoms with Crippen molar-refractivity contribution in [2.75, 3.05) is 12.3 Å². The summed E-state index contributed by atoms with van der Waals surface area (Å²) < 4.78 is 5.28. The van der Waals surface area contributed by atoms with E-state index in [1.807, 2.05) is 25.1 Å². The Labute approximate surface area is 112 Å². The normalized spacial score (nSPS) is 9.00. The summed E-state index contributed by atoms with van der Waals surface area (Å²) in [6, 6.07) is 10.4. The molecule has 0 atom stereocenters. The van der Waals surface area contributed by atoms with Crippen LogP contribution in [0.15, 0.2) is 24.3 Å². The van der Waals surface area contributed by atoms with Gasteiger partial charge >= 0.3 is 17.1 Å². The first-order valence-corrected chi connectivity index (χ1v) is 4.70. The van der Waals surface area contributed by atoms with Gasteiger partial charge in [0.25, 0.3) is 0 Å². The van der Waals surface area contributed by atoms with Crippen molar-refractivity contribution in [2.45, 2.75) is 6.92 Å². The van der Waals surface area contributed by atoms with Gasteiger partial charge in [-0.25, -0.2) is 0 Å². The molecule has 1 radical (unpaired) electrons. The van der Waals surface area contributed by atoms with E-state index < -0.39 is 0 Å². The number of nitrogen functional groups attached to an aromatic ring is 1. The minimum absolute atomic E-state index is 0. The summed E-state index contributed by atoms with van der Waals surface area (Å²) >= 11 is 0. The van der Waals surface area contributed by atoms with Gasteiger partial charge in [0.1, 0.15) is 0 Å². The minimum Gasteiger partial charge on any atom is -0.479 e. The molecule has 4 nitrogen and oxygen atoms in total. The standard InChI is InChI=1S/C11H11N3O.CH3.Fe/c1-2-15-10-7-9(13-11(12)14-10)8-5-3-4-6-8;;/h3-5,7H,2H2,1H3,(H2,12,13,14);1H3;/q-2;-1;+3. The van der Waals surface area contributed by atoms with Gasteiger partial charge in [-0.1, -0.05) is 11.8 Å². The van der Waals surface area contributed by atoms with Crippen LogP contribution in [-0.2, 0) is 17.1 Å². The quantitative estimate of drug-likeness (QED) is 0.686. The van der Waals surface area contributed by atoms with Gasteiger partial charge in [-0.05, 0) is 6.92 Å². The molecule has 0 amide bonds. The molecule has 0 fully saturated rings. The maximum Gasteiger partial charge on any atom is 3.00 e. The summed E-state index contributed by atoms with van der Waals surface area (Å²) in [4.78, 5) is 8.08. The zero-order valence-electron chi connectivity index (χ0n) is 9.75. The van der Waals surface area contributed by atoms with Crippen LogP contribution in [0, 0.1) is 13.5 Å². The summed E-state index contributed by atoms with van der Waals surface area (Å²) in [6.07, 6.45) is 0. The van der Waals surface area contributed by atoms with Crippen LogP contribution in [0.1, 0.15) is 6.92 Å². The molecule has 1 aromatic heterocycles.